The van der Waals surface area contributed by atoms with E-state index >= 15 is 0 Å². The lowest BCUT2D eigenvalue weighted by Crippen LogP contribution is -2.42. The fraction of sp³-hybridized carbons (Fsp3) is 0.615. The molecule has 2 aromatic rings. The van der Waals surface area contributed by atoms with E-state index in [4.69, 9.17) is 22.1 Å². The van der Waals surface area contributed by atoms with Gasteiger partial charge in [0.15, 0.2) is 0 Å². The number of piperidine rings is 1. The fourth-order valence-corrected chi connectivity index (χ4v) is 6.94. The van der Waals surface area contributed by atoms with Crippen molar-refractivity contribution in [2.75, 3.05) is 32.5 Å². The van der Waals surface area contributed by atoms with Crippen molar-refractivity contribution in [1.29, 1.82) is 0 Å². The summed E-state index contributed by atoms with van der Waals surface area (Å²) in [5.74, 6) is 1.71. The number of carbonyl (C=O) groups is 1. The number of nitrogens with zero attached hydrogens (tertiary/aromatic N) is 2. The Kier molecular flexibility index (Phi) is 8.97. The Balaban J connectivity index is 1.38. The first-order valence-electron chi connectivity index (χ1n) is 12.4. The highest BCUT2D eigenvalue weighted by atomic mass is 35.5. The Morgan fingerprint density at radius 3 is 2.88 bits per heavy atom. The van der Waals surface area contributed by atoms with Crippen LogP contribution in [0.25, 0.3) is 10.9 Å². The molecule has 2 aliphatic rings. The van der Waals surface area contributed by atoms with Gasteiger partial charge >= 0.3 is 5.97 Å². The van der Waals surface area contributed by atoms with E-state index in [9.17, 15) is 9.90 Å². The van der Waals surface area contributed by atoms with Crippen LogP contribution in [0.5, 0.6) is 5.75 Å². The van der Waals surface area contributed by atoms with Gasteiger partial charge in [0.25, 0.3) is 0 Å². The first kappa shape index (κ1) is 25.5. The number of carboxylic acid groups (broad SMARTS) is 1. The number of hydrogen-bond acceptors (Lipinski definition) is 6. The molecule has 1 saturated heterocycles. The van der Waals surface area contributed by atoms with Gasteiger partial charge in [0.2, 0.25) is 0 Å². The second-order valence-electron chi connectivity index (χ2n) is 9.72. The number of hydrogen-bond donors (Lipinski definition) is 2. The number of methoxy groups -OCH3 is 1. The molecule has 0 spiro atoms. The molecular formula is C26H36ClN3O3S. The monoisotopic (exact) mass is 505 g/mol. The number of nitrogens with two attached hydrogens (primary N) is 1. The number of halogens is 1. The Morgan fingerprint density at radius 1 is 1.35 bits per heavy atom. The molecule has 34 heavy (non-hydrogen) atoms. The molecule has 3 N–H and O–H groups in total. The first-order valence-corrected chi connectivity index (χ1v) is 13.8. The molecule has 2 heterocycles. The topological polar surface area (TPSA) is 88.7 Å². The van der Waals surface area contributed by atoms with Gasteiger partial charge in [-0.15, -0.1) is 0 Å². The van der Waals surface area contributed by atoms with E-state index in [-0.39, 0.29) is 18.4 Å². The number of carboxylic acids is 1. The van der Waals surface area contributed by atoms with Crippen LogP contribution in [-0.2, 0) is 4.79 Å². The minimum atomic E-state index is -0.708. The number of rotatable bonds is 11. The van der Waals surface area contributed by atoms with Gasteiger partial charge in [-0.25, -0.2) is 0 Å². The van der Waals surface area contributed by atoms with Crippen molar-refractivity contribution < 1.29 is 14.6 Å². The van der Waals surface area contributed by atoms with Gasteiger partial charge in [-0.1, -0.05) is 18.0 Å². The lowest BCUT2D eigenvalue weighted by molar-refractivity contribution is -0.139. The molecule has 0 bridgehead atoms. The predicted molar refractivity (Wildman–Crippen MR) is 140 cm³/mol. The maximum absolute atomic E-state index is 11.6. The van der Waals surface area contributed by atoms with E-state index in [0.717, 1.165) is 72.1 Å². The molecule has 2 unspecified atom stereocenters. The Hall–Kier alpha value is -1.54. The van der Waals surface area contributed by atoms with Crippen LogP contribution in [0, 0.1) is 11.8 Å². The number of pyridine rings is 1. The second-order valence-corrected chi connectivity index (χ2v) is 11.5. The average molecular weight is 506 g/mol. The van der Waals surface area contributed by atoms with Crippen molar-refractivity contribution in [2.45, 2.75) is 56.2 Å². The summed E-state index contributed by atoms with van der Waals surface area (Å²) in [6, 6.07) is 5.50. The van der Waals surface area contributed by atoms with Gasteiger partial charge in [0, 0.05) is 48.1 Å². The molecule has 0 amide bonds. The van der Waals surface area contributed by atoms with Gasteiger partial charge in [-0.2, -0.15) is 11.8 Å². The zero-order chi connectivity index (χ0) is 24.1. The van der Waals surface area contributed by atoms with Gasteiger partial charge in [0.1, 0.15) is 5.75 Å². The van der Waals surface area contributed by atoms with E-state index in [1.54, 1.807) is 13.3 Å². The highest BCUT2D eigenvalue weighted by Crippen LogP contribution is 2.37. The molecule has 0 radical (unpaired) electrons. The molecule has 1 aliphatic heterocycles. The normalized spacial score (nSPS) is 22.4. The molecule has 8 heteroatoms. The van der Waals surface area contributed by atoms with E-state index in [0.29, 0.717) is 10.9 Å². The van der Waals surface area contributed by atoms with Crippen LogP contribution >= 0.6 is 23.4 Å². The standard InChI is InChI=1S/C26H36ClN3O3S/c1-33-19-6-8-24-21(14-19)26(22(27)15-29-24)23(28)7-5-17-9-10-30(16-18(17)13-25(31)32)11-12-34-20-3-2-4-20/h6,8,14-15,17-18,20,23H,2-5,7,9-13,16,28H2,1H3,(H,31,32)/t17?,18?,23-/m1/s1. The quantitative estimate of drug-likeness (QED) is 0.424. The molecule has 1 aromatic heterocycles. The minimum Gasteiger partial charge on any atom is -0.497 e. The summed E-state index contributed by atoms with van der Waals surface area (Å²) < 4.78 is 5.39. The lowest BCUT2D eigenvalue weighted by atomic mass is 9.79. The van der Waals surface area contributed by atoms with Crippen molar-refractivity contribution in [2.24, 2.45) is 17.6 Å². The van der Waals surface area contributed by atoms with Crippen LogP contribution in [-0.4, -0.2) is 58.7 Å². The van der Waals surface area contributed by atoms with Crippen LogP contribution in [0.3, 0.4) is 0 Å². The third-order valence-corrected chi connectivity index (χ3v) is 9.18. The summed E-state index contributed by atoms with van der Waals surface area (Å²) in [5.41, 5.74) is 8.41. The van der Waals surface area contributed by atoms with Crippen molar-refractivity contribution in [1.82, 2.24) is 9.88 Å². The van der Waals surface area contributed by atoms with Crippen LogP contribution in [0.15, 0.2) is 24.4 Å². The zero-order valence-electron chi connectivity index (χ0n) is 19.9. The van der Waals surface area contributed by atoms with Crippen molar-refractivity contribution >= 4 is 40.2 Å². The van der Waals surface area contributed by atoms with E-state index in [2.05, 4.69) is 21.6 Å². The van der Waals surface area contributed by atoms with Crippen LogP contribution < -0.4 is 10.5 Å². The SMILES string of the molecule is COc1ccc2ncc(Cl)c([C@H](N)CCC3CCN(CCSC4CCC4)CC3CC(=O)O)c2c1. The molecule has 3 atom stereocenters. The molecule has 2 fully saturated rings. The summed E-state index contributed by atoms with van der Waals surface area (Å²) in [6.45, 7) is 2.97. The van der Waals surface area contributed by atoms with Gasteiger partial charge in [0.05, 0.1) is 17.6 Å². The minimum absolute atomic E-state index is 0.164. The molecule has 4 rings (SSSR count). The number of thioether (sulfide) groups is 1. The fourth-order valence-electron chi connectivity index (χ4n) is 5.29. The van der Waals surface area contributed by atoms with Crippen LogP contribution in [0.2, 0.25) is 5.02 Å². The van der Waals surface area contributed by atoms with Gasteiger partial charge in [-0.3, -0.25) is 9.78 Å². The third kappa shape index (κ3) is 6.36. The second kappa shape index (κ2) is 11.9. The first-order chi connectivity index (χ1) is 16.4. The van der Waals surface area contributed by atoms with Crippen LogP contribution in [0.1, 0.15) is 56.6 Å². The Labute approximate surface area is 211 Å². The van der Waals surface area contributed by atoms with Gasteiger partial charge in [-0.05, 0) is 74.2 Å². The molecule has 1 saturated carbocycles. The summed E-state index contributed by atoms with van der Waals surface area (Å²) in [6.07, 6.45) is 8.66. The molecule has 1 aliphatic carbocycles. The summed E-state index contributed by atoms with van der Waals surface area (Å²) in [5, 5.41) is 11.9. The van der Waals surface area contributed by atoms with E-state index in [1.165, 1.54) is 19.3 Å². The molecular weight excluding hydrogens is 470 g/mol. The maximum Gasteiger partial charge on any atom is 0.303 e. The van der Waals surface area contributed by atoms with Gasteiger partial charge < -0.3 is 20.5 Å². The average Bonchev–Trinajstić information content (AvgIpc) is 2.79. The summed E-state index contributed by atoms with van der Waals surface area (Å²) >= 11 is 8.64. The number of ether oxygens (including phenoxy) is 1. The van der Waals surface area contributed by atoms with Crippen molar-refractivity contribution in [3.8, 4) is 5.75 Å². The largest absolute Gasteiger partial charge is 0.497 e. The molecule has 186 valence electrons. The number of likely N-dealkylation sites (tertiary alicyclic amines) is 1. The molecule has 1 aromatic carbocycles. The number of aromatic nitrogens is 1. The smallest absolute Gasteiger partial charge is 0.303 e. The third-order valence-electron chi connectivity index (χ3n) is 7.51. The Morgan fingerprint density at radius 2 is 2.18 bits per heavy atom. The Bertz CT molecular complexity index is 987. The number of aliphatic carboxylic acids is 1. The lowest BCUT2D eigenvalue weighted by Gasteiger charge is -2.39. The number of benzene rings is 1. The van der Waals surface area contributed by atoms with E-state index < -0.39 is 5.97 Å². The highest BCUT2D eigenvalue weighted by Gasteiger charge is 2.31. The maximum atomic E-state index is 11.6. The van der Waals surface area contributed by atoms with Crippen molar-refractivity contribution in [3.63, 3.8) is 0 Å². The van der Waals surface area contributed by atoms with Crippen LogP contribution in [0.4, 0.5) is 0 Å². The predicted octanol–water partition coefficient (Wildman–Crippen LogP) is 5.38. The summed E-state index contributed by atoms with van der Waals surface area (Å²) in [4.78, 5) is 18.5. The highest BCUT2D eigenvalue weighted by molar-refractivity contribution is 7.99. The zero-order valence-corrected chi connectivity index (χ0v) is 21.5. The molecule has 6 nitrogen and oxygen atoms in total. The van der Waals surface area contributed by atoms with E-state index in [1.807, 2.05) is 18.2 Å². The van der Waals surface area contributed by atoms with Crippen molar-refractivity contribution in [3.05, 3.63) is 35.0 Å². The summed E-state index contributed by atoms with van der Waals surface area (Å²) in [7, 11) is 1.64. The number of fused-ring (bicyclic) bond motifs is 1.